The summed E-state index contributed by atoms with van der Waals surface area (Å²) in [5.74, 6) is 0. The third kappa shape index (κ3) is 4.59. The molecule has 11 nitrogen and oxygen atoms in total. The topological polar surface area (TPSA) is 141 Å². The van der Waals surface area contributed by atoms with Crippen LogP contribution in [0.15, 0.2) is 58.4 Å². The number of sulfone groups is 1. The minimum Gasteiger partial charge on any atom is -0.342 e. The summed E-state index contributed by atoms with van der Waals surface area (Å²) in [5.41, 5.74) is 0.262. The predicted octanol–water partition coefficient (Wildman–Crippen LogP) is 2.58. The summed E-state index contributed by atoms with van der Waals surface area (Å²) in [6.45, 7) is 2.57. The molecule has 0 unspecified atom stereocenters. The number of hydrogen-bond acceptors (Lipinski definition) is 10. The molecule has 4 rings (SSSR count). The zero-order chi connectivity index (χ0) is 23.8. The first-order chi connectivity index (χ1) is 15.7. The molecule has 33 heavy (non-hydrogen) atoms. The number of fused-ring (bicyclic) bond motifs is 1. The molecule has 0 saturated heterocycles. The van der Waals surface area contributed by atoms with Crippen LogP contribution in [0.25, 0.3) is 15.8 Å². The molecule has 0 atom stereocenters. The van der Waals surface area contributed by atoms with E-state index in [-0.39, 0.29) is 26.7 Å². The number of nitrogens with zero attached hydrogens (tertiary/aromatic N) is 6. The molecule has 4 aromatic rings. The van der Waals surface area contributed by atoms with Gasteiger partial charge in [0.15, 0.2) is 15.0 Å². The highest BCUT2D eigenvalue weighted by atomic mass is 32.2. The first kappa shape index (κ1) is 22.5. The van der Waals surface area contributed by atoms with E-state index in [2.05, 4.69) is 15.3 Å². The van der Waals surface area contributed by atoms with E-state index in [0.29, 0.717) is 12.2 Å². The van der Waals surface area contributed by atoms with Crippen molar-refractivity contribution in [3.05, 3.63) is 74.8 Å². The Bertz CT molecular complexity index is 1520. The van der Waals surface area contributed by atoms with Gasteiger partial charge in [-0.15, -0.1) is 5.10 Å². The van der Waals surface area contributed by atoms with E-state index in [0.717, 1.165) is 35.4 Å². The van der Waals surface area contributed by atoms with Crippen LogP contribution >= 0.6 is 11.3 Å². The summed E-state index contributed by atoms with van der Waals surface area (Å²) in [6, 6.07) is 11.5. The second-order valence-corrected chi connectivity index (χ2v) is 10.1. The molecule has 170 valence electrons. The van der Waals surface area contributed by atoms with Crippen LogP contribution in [0.5, 0.6) is 0 Å². The van der Waals surface area contributed by atoms with Crippen LogP contribution in [0, 0.1) is 10.1 Å². The minimum absolute atomic E-state index is 0.0637. The van der Waals surface area contributed by atoms with Gasteiger partial charge in [-0.05, 0) is 25.1 Å². The maximum atomic E-state index is 12.7. The van der Waals surface area contributed by atoms with Crippen molar-refractivity contribution in [2.24, 2.45) is 0 Å². The summed E-state index contributed by atoms with van der Waals surface area (Å²) in [6.07, 6.45) is 2.68. The molecule has 0 aliphatic carbocycles. The molecule has 0 N–H and O–H groups in total. The number of nitro benzene ring substituents is 1. The van der Waals surface area contributed by atoms with Crippen LogP contribution in [0.2, 0.25) is 0 Å². The number of anilines is 1. The fraction of sp³-hybridized carbons (Fsp3) is 0.200. The van der Waals surface area contributed by atoms with Crippen molar-refractivity contribution < 1.29 is 13.3 Å². The molecule has 2 aromatic carbocycles. The fourth-order valence-corrected chi connectivity index (χ4v) is 4.97. The van der Waals surface area contributed by atoms with Crippen LogP contribution in [-0.2, 0) is 16.4 Å². The summed E-state index contributed by atoms with van der Waals surface area (Å²) < 4.78 is 25.5. The van der Waals surface area contributed by atoms with E-state index >= 15 is 0 Å². The van der Waals surface area contributed by atoms with Gasteiger partial charge in [-0.25, -0.2) is 13.1 Å². The zero-order valence-corrected chi connectivity index (χ0v) is 19.2. The summed E-state index contributed by atoms with van der Waals surface area (Å²) >= 11 is 0.954. The maximum absolute atomic E-state index is 12.7. The molecule has 2 aromatic heterocycles. The highest BCUT2D eigenvalue weighted by Gasteiger charge is 2.23. The molecule has 0 spiro atoms. The average Bonchev–Trinajstić information content (AvgIpc) is 3.25. The standard InChI is InChI=1S/C20H18N6O5S2/c1-3-24(11-13-12-25(23-22-13)14-7-5-4-6-8-14)20-21-19(27)16-9-15(33(2,30)31)10-17(26(28)29)18(16)32-20/h4-10,12H,3,11H2,1-2H3. The Morgan fingerprint density at radius 3 is 2.58 bits per heavy atom. The number of benzene rings is 2. The number of non-ortho nitro benzene ring substituents is 1. The fourth-order valence-electron chi connectivity index (χ4n) is 3.19. The van der Waals surface area contributed by atoms with Gasteiger partial charge in [-0.1, -0.05) is 34.7 Å². The average molecular weight is 487 g/mol. The first-order valence-corrected chi connectivity index (χ1v) is 12.4. The molecule has 0 amide bonds. The van der Waals surface area contributed by atoms with E-state index < -0.39 is 26.0 Å². The monoisotopic (exact) mass is 486 g/mol. The Morgan fingerprint density at radius 1 is 1.21 bits per heavy atom. The molecule has 13 heteroatoms. The van der Waals surface area contributed by atoms with E-state index in [9.17, 15) is 23.3 Å². The van der Waals surface area contributed by atoms with Crippen LogP contribution < -0.4 is 10.5 Å². The largest absolute Gasteiger partial charge is 0.342 e. The van der Waals surface area contributed by atoms with Crippen molar-refractivity contribution in [3.63, 3.8) is 0 Å². The van der Waals surface area contributed by atoms with E-state index in [1.54, 1.807) is 15.8 Å². The van der Waals surface area contributed by atoms with Crippen molar-refractivity contribution >= 4 is 42.1 Å². The zero-order valence-electron chi connectivity index (χ0n) is 17.6. The van der Waals surface area contributed by atoms with Crippen molar-refractivity contribution in [1.82, 2.24) is 20.0 Å². The Labute approximate surface area is 192 Å². The quantitative estimate of drug-likeness (QED) is 0.284. The van der Waals surface area contributed by atoms with E-state index in [1.165, 1.54) is 0 Å². The molecule has 0 radical (unpaired) electrons. The molecule has 0 saturated carbocycles. The van der Waals surface area contributed by atoms with Crippen LogP contribution in [0.1, 0.15) is 12.6 Å². The summed E-state index contributed by atoms with van der Waals surface area (Å²) in [4.78, 5) is 29.2. The Hall–Kier alpha value is -3.71. The summed E-state index contributed by atoms with van der Waals surface area (Å²) in [7, 11) is -3.75. The predicted molar refractivity (Wildman–Crippen MR) is 124 cm³/mol. The van der Waals surface area contributed by atoms with Crippen molar-refractivity contribution in [1.29, 1.82) is 0 Å². The van der Waals surface area contributed by atoms with Gasteiger partial charge in [0.2, 0.25) is 0 Å². The van der Waals surface area contributed by atoms with Gasteiger partial charge in [0.25, 0.3) is 11.2 Å². The van der Waals surface area contributed by atoms with Crippen molar-refractivity contribution in [2.75, 3.05) is 17.7 Å². The third-order valence-corrected chi connectivity index (χ3v) is 7.11. The minimum atomic E-state index is -3.75. The lowest BCUT2D eigenvalue weighted by Crippen LogP contribution is -2.25. The SMILES string of the molecule is CCN(Cc1cn(-c2ccccc2)nn1)c1nc(=O)c2cc(S(C)(=O)=O)cc([N+](=O)[O-])c2s1. The Kier molecular flexibility index (Phi) is 5.91. The lowest BCUT2D eigenvalue weighted by atomic mass is 10.2. The third-order valence-electron chi connectivity index (χ3n) is 4.86. The highest BCUT2D eigenvalue weighted by Crippen LogP contribution is 2.34. The lowest BCUT2D eigenvalue weighted by Gasteiger charge is -2.19. The van der Waals surface area contributed by atoms with Gasteiger partial charge in [0, 0.05) is 18.9 Å². The molecule has 0 aliphatic rings. The van der Waals surface area contributed by atoms with Crippen molar-refractivity contribution in [2.45, 2.75) is 18.4 Å². The molecule has 2 heterocycles. The van der Waals surface area contributed by atoms with Crippen LogP contribution in [-0.4, -0.2) is 46.1 Å². The molecular weight excluding hydrogens is 468 g/mol. The molecule has 0 fully saturated rings. The molecule has 0 bridgehead atoms. The molecular formula is C20H18N6O5S2. The Balaban J connectivity index is 1.75. The van der Waals surface area contributed by atoms with E-state index in [1.807, 2.05) is 37.3 Å². The van der Waals surface area contributed by atoms with Gasteiger partial charge in [0.05, 0.1) is 33.6 Å². The van der Waals surface area contributed by atoms with Gasteiger partial charge in [0.1, 0.15) is 10.4 Å². The maximum Gasteiger partial charge on any atom is 0.288 e. The van der Waals surface area contributed by atoms with Gasteiger partial charge in [-0.3, -0.25) is 14.9 Å². The second kappa shape index (κ2) is 8.67. The van der Waals surface area contributed by atoms with Gasteiger partial charge in [-0.2, -0.15) is 4.98 Å². The Morgan fingerprint density at radius 2 is 1.94 bits per heavy atom. The number of para-hydroxylation sites is 1. The van der Waals surface area contributed by atoms with Gasteiger partial charge >= 0.3 is 0 Å². The van der Waals surface area contributed by atoms with Crippen molar-refractivity contribution in [3.8, 4) is 5.69 Å². The number of nitro groups is 1. The summed E-state index contributed by atoms with van der Waals surface area (Å²) in [5, 5.41) is 20.1. The van der Waals surface area contributed by atoms with Crippen LogP contribution in [0.3, 0.4) is 0 Å². The number of rotatable bonds is 7. The van der Waals surface area contributed by atoms with Gasteiger partial charge < -0.3 is 4.90 Å². The normalized spacial score (nSPS) is 11.6. The number of hydrogen-bond donors (Lipinski definition) is 0. The highest BCUT2D eigenvalue weighted by molar-refractivity contribution is 7.90. The smallest absolute Gasteiger partial charge is 0.288 e. The number of aromatic nitrogens is 4. The van der Waals surface area contributed by atoms with Crippen LogP contribution in [0.4, 0.5) is 10.8 Å². The van der Waals surface area contributed by atoms with E-state index in [4.69, 9.17) is 0 Å². The first-order valence-electron chi connectivity index (χ1n) is 9.72. The second-order valence-electron chi connectivity index (χ2n) is 7.15. The molecule has 0 aliphatic heterocycles. The lowest BCUT2D eigenvalue weighted by molar-refractivity contribution is -0.383.